The number of hydrogen-bond donors (Lipinski definition) is 0. The van der Waals surface area contributed by atoms with E-state index in [0.717, 1.165) is 61.7 Å². The molecule has 0 heterocycles. The van der Waals surface area contributed by atoms with E-state index in [1.54, 1.807) is 12.5 Å². The van der Waals surface area contributed by atoms with Crippen molar-refractivity contribution in [1.82, 2.24) is 0 Å². The summed E-state index contributed by atoms with van der Waals surface area (Å²) in [5.41, 5.74) is 2.95. The lowest BCUT2D eigenvalue weighted by Gasteiger charge is -2.58. The standard InChI is InChI=1S/C33H46O3/c1-22(9-8-10-23(2)34)28-15-16-29-27-14-13-25-21-26(36-31(35)24-11-6-5-7-12-24)17-19-32(25,3)30(27)18-20-33(28,29)4/h5-7,11-13,22,26-30H,8-10,14-21H2,1-4H3/t22-,26+,27-,28+,29-,30-,32+,33+/m1/s1. The molecule has 3 nitrogen and oxygen atoms in total. The van der Waals surface area contributed by atoms with Crippen LogP contribution in [0.5, 0.6) is 0 Å². The number of benzene rings is 1. The first-order chi connectivity index (χ1) is 17.2. The topological polar surface area (TPSA) is 43.4 Å². The van der Waals surface area contributed by atoms with Crippen LogP contribution in [0.15, 0.2) is 42.0 Å². The maximum atomic E-state index is 12.7. The highest BCUT2D eigenvalue weighted by molar-refractivity contribution is 5.89. The zero-order chi connectivity index (χ0) is 25.5. The number of allylic oxidation sites excluding steroid dienone is 1. The molecule has 196 valence electrons. The second kappa shape index (κ2) is 10.1. The van der Waals surface area contributed by atoms with Gasteiger partial charge in [0.15, 0.2) is 0 Å². The Balaban J connectivity index is 1.26. The highest BCUT2D eigenvalue weighted by Gasteiger charge is 2.59. The number of hydrogen-bond acceptors (Lipinski definition) is 3. The Morgan fingerprint density at radius 2 is 1.81 bits per heavy atom. The van der Waals surface area contributed by atoms with Gasteiger partial charge < -0.3 is 9.53 Å². The van der Waals surface area contributed by atoms with Crippen LogP contribution in [0.1, 0.15) is 109 Å². The summed E-state index contributed by atoms with van der Waals surface area (Å²) in [7, 11) is 0. The van der Waals surface area contributed by atoms with E-state index < -0.39 is 0 Å². The van der Waals surface area contributed by atoms with Gasteiger partial charge in [0.25, 0.3) is 0 Å². The van der Waals surface area contributed by atoms with Crippen LogP contribution >= 0.6 is 0 Å². The van der Waals surface area contributed by atoms with Crippen LogP contribution in [0.2, 0.25) is 0 Å². The van der Waals surface area contributed by atoms with Crippen LogP contribution in [0.25, 0.3) is 0 Å². The van der Waals surface area contributed by atoms with Crippen molar-refractivity contribution in [2.75, 3.05) is 0 Å². The highest BCUT2D eigenvalue weighted by atomic mass is 16.5. The van der Waals surface area contributed by atoms with Gasteiger partial charge in [0.1, 0.15) is 11.9 Å². The molecule has 0 saturated heterocycles. The molecule has 0 unspecified atom stereocenters. The molecule has 0 N–H and O–H groups in total. The van der Waals surface area contributed by atoms with Gasteiger partial charge in [0.05, 0.1) is 5.56 Å². The fraction of sp³-hybridized carbons (Fsp3) is 0.697. The van der Waals surface area contributed by atoms with Crippen LogP contribution in [-0.4, -0.2) is 17.9 Å². The van der Waals surface area contributed by atoms with Crippen LogP contribution in [0.3, 0.4) is 0 Å². The Bertz CT molecular complexity index is 995. The summed E-state index contributed by atoms with van der Waals surface area (Å²) in [4.78, 5) is 24.1. The molecular formula is C33H46O3. The second-order valence-electron chi connectivity index (χ2n) is 13.2. The Hall–Kier alpha value is -1.90. The zero-order valence-electron chi connectivity index (χ0n) is 22.9. The molecule has 8 atom stereocenters. The van der Waals surface area contributed by atoms with Gasteiger partial charge in [0.2, 0.25) is 0 Å². The van der Waals surface area contributed by atoms with E-state index >= 15 is 0 Å². The highest BCUT2D eigenvalue weighted by Crippen LogP contribution is 2.67. The molecule has 0 spiro atoms. The number of ketones is 1. The van der Waals surface area contributed by atoms with Crippen molar-refractivity contribution < 1.29 is 14.3 Å². The molecule has 0 aliphatic heterocycles. The average Bonchev–Trinajstić information content (AvgIpc) is 3.22. The SMILES string of the molecule is CC(=O)CCC[C@@H](C)[C@@H]1CC[C@@H]2[C@H]3CC=C4C[C@@H](OC(=O)c5ccccc5)CC[C@]4(C)[C@@H]3CC[C@]21C. The van der Waals surface area contributed by atoms with Crippen LogP contribution in [0, 0.1) is 40.4 Å². The second-order valence-corrected chi connectivity index (χ2v) is 13.2. The van der Waals surface area contributed by atoms with Crippen molar-refractivity contribution in [2.45, 2.75) is 104 Å². The van der Waals surface area contributed by atoms with Gasteiger partial charge in [-0.25, -0.2) is 4.79 Å². The summed E-state index contributed by atoms with van der Waals surface area (Å²) in [6.07, 6.45) is 15.3. The molecule has 1 aromatic carbocycles. The number of rotatable bonds is 7. The quantitative estimate of drug-likeness (QED) is 0.286. The third-order valence-electron chi connectivity index (χ3n) is 11.3. The first kappa shape index (κ1) is 25.7. The first-order valence-electron chi connectivity index (χ1n) is 14.7. The molecule has 0 bridgehead atoms. The largest absolute Gasteiger partial charge is 0.458 e. The molecule has 36 heavy (non-hydrogen) atoms. The summed E-state index contributed by atoms with van der Waals surface area (Å²) in [6.45, 7) is 9.34. The zero-order valence-corrected chi connectivity index (χ0v) is 22.9. The lowest BCUT2D eigenvalue weighted by atomic mass is 9.47. The molecule has 5 rings (SSSR count). The number of ether oxygens (including phenoxy) is 1. The van der Waals surface area contributed by atoms with Crippen molar-refractivity contribution in [3.63, 3.8) is 0 Å². The van der Waals surface area contributed by atoms with Crippen molar-refractivity contribution in [3.05, 3.63) is 47.5 Å². The summed E-state index contributed by atoms with van der Waals surface area (Å²) in [6, 6.07) is 9.42. The molecular weight excluding hydrogens is 444 g/mol. The first-order valence-corrected chi connectivity index (χ1v) is 14.7. The maximum Gasteiger partial charge on any atom is 0.338 e. The van der Waals surface area contributed by atoms with Crippen molar-refractivity contribution in [2.24, 2.45) is 40.4 Å². The van der Waals surface area contributed by atoms with E-state index in [2.05, 4.69) is 26.8 Å². The number of Topliss-reactive ketones (excluding diaryl/α,β-unsaturated/α-hetero) is 1. The molecule has 4 aliphatic carbocycles. The van der Waals surface area contributed by atoms with E-state index in [-0.39, 0.29) is 17.5 Å². The fourth-order valence-electron chi connectivity index (χ4n) is 9.37. The predicted molar refractivity (Wildman–Crippen MR) is 145 cm³/mol. The van der Waals surface area contributed by atoms with Crippen LogP contribution in [-0.2, 0) is 9.53 Å². The van der Waals surface area contributed by atoms with Crippen molar-refractivity contribution >= 4 is 11.8 Å². The van der Waals surface area contributed by atoms with Crippen LogP contribution in [0.4, 0.5) is 0 Å². The number of carbonyl (C=O) groups excluding carboxylic acids is 2. The van der Waals surface area contributed by atoms with Gasteiger partial charge in [-0.15, -0.1) is 0 Å². The molecule has 4 aliphatic rings. The smallest absolute Gasteiger partial charge is 0.338 e. The predicted octanol–water partition coefficient (Wildman–Crippen LogP) is 8.19. The number of esters is 1. The van der Waals surface area contributed by atoms with E-state index in [1.165, 1.54) is 38.5 Å². The van der Waals surface area contributed by atoms with Gasteiger partial charge >= 0.3 is 5.97 Å². The summed E-state index contributed by atoms with van der Waals surface area (Å²) in [5.74, 6) is 4.09. The normalized spacial score (nSPS) is 38.2. The third-order valence-corrected chi connectivity index (χ3v) is 11.3. The Morgan fingerprint density at radius 3 is 2.56 bits per heavy atom. The lowest BCUT2D eigenvalue weighted by Crippen LogP contribution is -2.51. The summed E-state index contributed by atoms with van der Waals surface area (Å²) < 4.78 is 5.98. The fourth-order valence-corrected chi connectivity index (χ4v) is 9.37. The van der Waals surface area contributed by atoms with Gasteiger partial charge in [-0.2, -0.15) is 0 Å². The number of carbonyl (C=O) groups is 2. The maximum absolute atomic E-state index is 12.7. The van der Waals surface area contributed by atoms with E-state index in [9.17, 15) is 9.59 Å². The molecule has 1 aromatic rings. The number of fused-ring (bicyclic) bond motifs is 5. The summed E-state index contributed by atoms with van der Waals surface area (Å²) in [5, 5.41) is 0. The lowest BCUT2D eigenvalue weighted by molar-refractivity contribution is -0.117. The minimum absolute atomic E-state index is 0.00847. The molecule has 0 amide bonds. The monoisotopic (exact) mass is 490 g/mol. The Kier molecular flexibility index (Phi) is 7.22. The molecule has 0 radical (unpaired) electrons. The van der Waals surface area contributed by atoms with Gasteiger partial charge in [-0.3, -0.25) is 0 Å². The molecule has 0 aromatic heterocycles. The van der Waals surface area contributed by atoms with Gasteiger partial charge in [-0.1, -0.05) is 57.0 Å². The van der Waals surface area contributed by atoms with Crippen molar-refractivity contribution in [1.29, 1.82) is 0 Å². The molecule has 3 heteroatoms. The minimum atomic E-state index is -0.179. The van der Waals surface area contributed by atoms with Crippen LogP contribution < -0.4 is 0 Å². The summed E-state index contributed by atoms with van der Waals surface area (Å²) >= 11 is 0. The average molecular weight is 491 g/mol. The van der Waals surface area contributed by atoms with Crippen molar-refractivity contribution in [3.8, 4) is 0 Å². The molecule has 3 saturated carbocycles. The van der Waals surface area contributed by atoms with E-state index in [0.29, 0.717) is 16.8 Å². The van der Waals surface area contributed by atoms with Gasteiger partial charge in [-0.05, 0) is 111 Å². The van der Waals surface area contributed by atoms with E-state index in [1.807, 2.05) is 30.3 Å². The van der Waals surface area contributed by atoms with Gasteiger partial charge in [0, 0.05) is 12.8 Å². The van der Waals surface area contributed by atoms with E-state index in [4.69, 9.17) is 4.74 Å². The molecule has 3 fully saturated rings. The minimum Gasteiger partial charge on any atom is -0.458 e. The Labute approximate surface area is 218 Å². The Morgan fingerprint density at radius 1 is 1.03 bits per heavy atom. The third kappa shape index (κ3) is 4.61.